The highest BCUT2D eigenvalue weighted by Crippen LogP contribution is 2.27. The fourth-order valence-corrected chi connectivity index (χ4v) is 3.57. The number of fused-ring (bicyclic) bond motifs is 1. The fourth-order valence-electron chi connectivity index (χ4n) is 3.41. The summed E-state index contributed by atoms with van der Waals surface area (Å²) in [4.78, 5) is 34.2. The molecule has 27 heavy (non-hydrogen) atoms. The van der Waals surface area contributed by atoms with E-state index in [1.165, 1.54) is 0 Å². The van der Waals surface area contributed by atoms with E-state index in [1.54, 1.807) is 18.9 Å². The van der Waals surface area contributed by atoms with Gasteiger partial charge in [-0.1, -0.05) is 0 Å². The van der Waals surface area contributed by atoms with Crippen molar-refractivity contribution in [3.63, 3.8) is 0 Å². The number of aryl methyl sites for hydroxylation is 1. The van der Waals surface area contributed by atoms with Crippen LogP contribution >= 0.6 is 11.6 Å². The summed E-state index contributed by atoms with van der Waals surface area (Å²) >= 11 is 6.01. The number of hydrogen-bond donors (Lipinski definition) is 2. The number of halogens is 1. The Morgan fingerprint density at radius 1 is 1.33 bits per heavy atom. The molecule has 10 heteroatoms. The van der Waals surface area contributed by atoms with Crippen molar-refractivity contribution < 1.29 is 4.79 Å². The first-order valence-electron chi connectivity index (χ1n) is 9.06. The number of rotatable bonds is 6. The van der Waals surface area contributed by atoms with Gasteiger partial charge >= 0.3 is 0 Å². The molecule has 142 valence electrons. The molecule has 4 heterocycles. The van der Waals surface area contributed by atoms with Crippen LogP contribution in [0.3, 0.4) is 0 Å². The van der Waals surface area contributed by atoms with Crippen LogP contribution in [0.4, 0.5) is 5.82 Å². The molecule has 4 rings (SSSR count). The maximum Gasteiger partial charge on any atom is 0.226 e. The number of aromatic nitrogens is 6. The summed E-state index contributed by atoms with van der Waals surface area (Å²) in [7, 11) is 0. The Kier molecular flexibility index (Phi) is 5.19. The third-order valence-electron chi connectivity index (χ3n) is 4.86. The molecule has 0 bridgehead atoms. The SMILES string of the molecule is O=C(NCCCn1ccnc1)C1CCN(c2nc(Cl)nc3nc[nH]c23)CC1. The minimum atomic E-state index is 0.0315. The summed E-state index contributed by atoms with van der Waals surface area (Å²) in [5, 5.41) is 3.23. The molecule has 0 saturated carbocycles. The van der Waals surface area contributed by atoms with Gasteiger partial charge in [-0.05, 0) is 30.9 Å². The van der Waals surface area contributed by atoms with Crippen molar-refractivity contribution >= 4 is 34.5 Å². The van der Waals surface area contributed by atoms with Crippen molar-refractivity contribution in [2.24, 2.45) is 5.92 Å². The second-order valence-electron chi connectivity index (χ2n) is 6.62. The lowest BCUT2D eigenvalue weighted by molar-refractivity contribution is -0.125. The van der Waals surface area contributed by atoms with Crippen molar-refractivity contribution in [3.05, 3.63) is 30.3 Å². The van der Waals surface area contributed by atoms with E-state index >= 15 is 0 Å². The molecule has 0 spiro atoms. The Bertz CT molecular complexity index is 901. The summed E-state index contributed by atoms with van der Waals surface area (Å²) < 4.78 is 2.01. The topological polar surface area (TPSA) is 105 Å². The lowest BCUT2D eigenvalue weighted by Crippen LogP contribution is -2.41. The highest BCUT2D eigenvalue weighted by atomic mass is 35.5. The summed E-state index contributed by atoms with van der Waals surface area (Å²) in [5.41, 5.74) is 1.34. The van der Waals surface area contributed by atoms with Gasteiger partial charge in [0, 0.05) is 44.5 Å². The number of imidazole rings is 2. The van der Waals surface area contributed by atoms with E-state index in [9.17, 15) is 4.79 Å². The van der Waals surface area contributed by atoms with Crippen LogP contribution in [0, 0.1) is 5.92 Å². The van der Waals surface area contributed by atoms with E-state index in [1.807, 2.05) is 10.8 Å². The van der Waals surface area contributed by atoms with Gasteiger partial charge in [0.25, 0.3) is 0 Å². The number of carbonyl (C=O) groups excluding carboxylic acids is 1. The third kappa shape index (κ3) is 4.02. The highest BCUT2D eigenvalue weighted by molar-refractivity contribution is 6.28. The summed E-state index contributed by atoms with van der Waals surface area (Å²) in [6, 6.07) is 0. The Balaban J connectivity index is 1.28. The van der Waals surface area contributed by atoms with Gasteiger partial charge < -0.3 is 19.8 Å². The van der Waals surface area contributed by atoms with Gasteiger partial charge in [0.15, 0.2) is 11.5 Å². The molecule has 0 aliphatic carbocycles. The predicted molar refractivity (Wildman–Crippen MR) is 101 cm³/mol. The van der Waals surface area contributed by atoms with Crippen molar-refractivity contribution in [3.8, 4) is 0 Å². The molecular weight excluding hydrogens is 368 g/mol. The molecule has 9 nitrogen and oxygen atoms in total. The Labute approximate surface area is 161 Å². The first-order chi connectivity index (χ1) is 13.2. The first-order valence-corrected chi connectivity index (χ1v) is 9.43. The molecule has 1 saturated heterocycles. The number of nitrogens with zero attached hydrogens (tertiary/aromatic N) is 6. The van der Waals surface area contributed by atoms with Crippen LogP contribution in [0.1, 0.15) is 19.3 Å². The number of hydrogen-bond acceptors (Lipinski definition) is 6. The Morgan fingerprint density at radius 2 is 2.19 bits per heavy atom. The second kappa shape index (κ2) is 7.91. The van der Waals surface area contributed by atoms with E-state index in [0.717, 1.165) is 50.2 Å². The summed E-state index contributed by atoms with van der Waals surface area (Å²) in [5.74, 6) is 0.915. The smallest absolute Gasteiger partial charge is 0.226 e. The van der Waals surface area contributed by atoms with Crippen LogP contribution in [0.5, 0.6) is 0 Å². The van der Waals surface area contributed by atoms with E-state index in [4.69, 9.17) is 11.6 Å². The molecule has 2 N–H and O–H groups in total. The third-order valence-corrected chi connectivity index (χ3v) is 5.03. The number of piperidine rings is 1. The van der Waals surface area contributed by atoms with Gasteiger partial charge in [0.2, 0.25) is 11.2 Å². The van der Waals surface area contributed by atoms with Gasteiger partial charge in [-0.2, -0.15) is 9.97 Å². The molecular formula is C17H21ClN8O. The standard InChI is InChI=1S/C17H21ClN8O/c18-17-23-14-13(21-10-22-14)15(24-17)26-7-2-12(3-8-26)16(27)20-4-1-6-25-9-5-19-11-25/h5,9-12H,1-4,6-8H2,(H,20,27)(H,21,22,23,24). The molecule has 3 aromatic heterocycles. The Hall–Kier alpha value is -2.68. The van der Waals surface area contributed by atoms with Gasteiger partial charge in [-0.15, -0.1) is 0 Å². The van der Waals surface area contributed by atoms with Crippen LogP contribution in [0.25, 0.3) is 11.2 Å². The number of nitrogens with one attached hydrogen (secondary N) is 2. The normalized spacial score (nSPS) is 15.4. The predicted octanol–water partition coefficient (Wildman–Crippen LogP) is 1.63. The van der Waals surface area contributed by atoms with Crippen molar-refractivity contribution in [2.75, 3.05) is 24.5 Å². The quantitative estimate of drug-likeness (QED) is 0.491. The maximum absolute atomic E-state index is 12.4. The number of aromatic amines is 1. The lowest BCUT2D eigenvalue weighted by Gasteiger charge is -2.32. The zero-order chi connectivity index (χ0) is 18.6. The molecule has 1 aliphatic rings. The van der Waals surface area contributed by atoms with Crippen molar-refractivity contribution in [1.82, 2.24) is 34.8 Å². The van der Waals surface area contributed by atoms with Crippen molar-refractivity contribution in [1.29, 1.82) is 0 Å². The van der Waals surface area contributed by atoms with Crippen LogP contribution in [0.2, 0.25) is 5.28 Å². The lowest BCUT2D eigenvalue weighted by atomic mass is 9.96. The van der Waals surface area contributed by atoms with Crippen LogP contribution in [-0.2, 0) is 11.3 Å². The monoisotopic (exact) mass is 388 g/mol. The van der Waals surface area contributed by atoms with E-state index in [0.29, 0.717) is 12.2 Å². The van der Waals surface area contributed by atoms with Gasteiger partial charge in [0.1, 0.15) is 5.52 Å². The molecule has 0 unspecified atom stereocenters. The van der Waals surface area contributed by atoms with E-state index in [2.05, 4.69) is 35.1 Å². The number of anilines is 1. The average Bonchev–Trinajstić information content (AvgIpc) is 3.36. The van der Waals surface area contributed by atoms with Gasteiger partial charge in [-0.3, -0.25) is 4.79 Å². The maximum atomic E-state index is 12.4. The first kappa shape index (κ1) is 17.7. The zero-order valence-electron chi connectivity index (χ0n) is 14.8. The van der Waals surface area contributed by atoms with Gasteiger partial charge in [0.05, 0.1) is 12.7 Å². The largest absolute Gasteiger partial charge is 0.356 e. The molecule has 0 radical (unpaired) electrons. The van der Waals surface area contributed by atoms with Crippen LogP contribution in [0.15, 0.2) is 25.0 Å². The molecule has 1 aliphatic heterocycles. The molecule has 1 fully saturated rings. The Morgan fingerprint density at radius 3 is 2.96 bits per heavy atom. The highest BCUT2D eigenvalue weighted by Gasteiger charge is 2.27. The minimum absolute atomic E-state index is 0.0315. The number of carbonyl (C=O) groups is 1. The minimum Gasteiger partial charge on any atom is -0.356 e. The molecule has 1 amide bonds. The molecule has 0 aromatic carbocycles. The van der Waals surface area contributed by atoms with Crippen molar-refractivity contribution in [2.45, 2.75) is 25.8 Å². The zero-order valence-corrected chi connectivity index (χ0v) is 15.6. The van der Waals surface area contributed by atoms with Gasteiger partial charge in [-0.25, -0.2) is 9.97 Å². The van der Waals surface area contributed by atoms with E-state index < -0.39 is 0 Å². The number of H-pyrrole nitrogens is 1. The van der Waals surface area contributed by atoms with E-state index in [-0.39, 0.29) is 17.1 Å². The summed E-state index contributed by atoms with van der Waals surface area (Å²) in [6.07, 6.45) is 9.51. The van der Waals surface area contributed by atoms with Crippen LogP contribution < -0.4 is 10.2 Å². The fraction of sp³-hybridized carbons (Fsp3) is 0.471. The summed E-state index contributed by atoms with van der Waals surface area (Å²) in [6.45, 7) is 3.02. The van der Waals surface area contributed by atoms with Crippen LogP contribution in [-0.4, -0.2) is 55.0 Å². The number of amides is 1. The molecule has 0 atom stereocenters. The molecule has 3 aromatic rings. The second-order valence-corrected chi connectivity index (χ2v) is 6.96. The average molecular weight is 389 g/mol.